The highest BCUT2D eigenvalue weighted by Crippen LogP contribution is 2.42. The fraction of sp³-hybridized carbons (Fsp3) is 0.615. The molecule has 1 saturated carbocycles. The first-order valence-corrected chi connectivity index (χ1v) is 13.6. The molecule has 1 aliphatic carbocycles. The summed E-state index contributed by atoms with van der Waals surface area (Å²) in [5.41, 5.74) is 9.59. The van der Waals surface area contributed by atoms with Crippen LogP contribution in [0.3, 0.4) is 0 Å². The zero-order valence-electron chi connectivity index (χ0n) is 20.1. The lowest BCUT2D eigenvalue weighted by molar-refractivity contribution is -0.0370. The summed E-state index contributed by atoms with van der Waals surface area (Å²) in [6.45, 7) is 6.55. The number of aromatic nitrogens is 2. The molecule has 3 N–H and O–H groups in total. The second-order valence-corrected chi connectivity index (χ2v) is 11.7. The first kappa shape index (κ1) is 23.9. The molecule has 188 valence electrons. The van der Waals surface area contributed by atoms with Crippen LogP contribution in [0.2, 0.25) is 10.0 Å². The highest BCUT2D eigenvalue weighted by molar-refractivity contribution is 6.35. The Morgan fingerprint density at radius 3 is 2.66 bits per heavy atom. The molecule has 5 heterocycles. The molecule has 35 heavy (non-hydrogen) atoms. The smallest absolute Gasteiger partial charge is 0.128 e. The molecule has 4 aliphatic rings. The van der Waals surface area contributed by atoms with Gasteiger partial charge in [-0.2, -0.15) is 0 Å². The molecule has 4 fully saturated rings. The van der Waals surface area contributed by atoms with Gasteiger partial charge in [0, 0.05) is 55.2 Å². The van der Waals surface area contributed by atoms with Gasteiger partial charge in [0.05, 0.1) is 28.3 Å². The number of hydrogen-bond donors (Lipinski definition) is 3. The van der Waals surface area contributed by atoms with Crippen LogP contribution in [-0.4, -0.2) is 48.3 Å². The van der Waals surface area contributed by atoms with Crippen molar-refractivity contribution in [2.24, 2.45) is 11.3 Å². The van der Waals surface area contributed by atoms with E-state index < -0.39 is 0 Å². The molecule has 4 unspecified atom stereocenters. The van der Waals surface area contributed by atoms with Crippen LogP contribution in [0.15, 0.2) is 30.7 Å². The molecule has 3 aliphatic heterocycles. The maximum Gasteiger partial charge on any atom is 0.128 e. The number of ether oxygens (including phenoxy) is 1. The van der Waals surface area contributed by atoms with Crippen molar-refractivity contribution in [2.75, 3.05) is 31.1 Å². The number of nitrogens with one attached hydrogen (secondary N) is 3. The van der Waals surface area contributed by atoms with Gasteiger partial charge in [0.25, 0.3) is 0 Å². The van der Waals surface area contributed by atoms with Gasteiger partial charge in [0.2, 0.25) is 0 Å². The van der Waals surface area contributed by atoms with Crippen molar-refractivity contribution in [3.63, 3.8) is 0 Å². The Kier molecular flexibility index (Phi) is 6.67. The molecule has 0 radical (unpaired) electrons. The van der Waals surface area contributed by atoms with Gasteiger partial charge in [0.15, 0.2) is 0 Å². The number of piperidine rings is 1. The monoisotopic (exact) mass is 516 g/mol. The third-order valence-corrected chi connectivity index (χ3v) is 9.07. The number of hydrazine groups is 1. The largest absolute Gasteiger partial charge is 0.370 e. The van der Waals surface area contributed by atoms with Crippen molar-refractivity contribution < 1.29 is 4.74 Å². The first-order chi connectivity index (χ1) is 17.0. The molecule has 3 saturated heterocycles. The van der Waals surface area contributed by atoms with E-state index in [1.165, 1.54) is 18.4 Å². The van der Waals surface area contributed by atoms with Crippen LogP contribution >= 0.6 is 23.2 Å². The van der Waals surface area contributed by atoms with Crippen molar-refractivity contribution in [3.8, 4) is 0 Å². The van der Waals surface area contributed by atoms with Crippen molar-refractivity contribution in [1.29, 1.82) is 0 Å². The van der Waals surface area contributed by atoms with E-state index in [1.54, 1.807) is 12.4 Å². The summed E-state index contributed by atoms with van der Waals surface area (Å²) in [6, 6.07) is 5.11. The Balaban J connectivity index is 1.09. The molecule has 0 bridgehead atoms. The lowest BCUT2D eigenvalue weighted by atomic mass is 9.74. The maximum absolute atomic E-state index is 6.48. The fourth-order valence-corrected chi connectivity index (χ4v) is 7.30. The van der Waals surface area contributed by atoms with E-state index in [0.717, 1.165) is 56.8 Å². The van der Waals surface area contributed by atoms with E-state index >= 15 is 0 Å². The molecule has 0 amide bonds. The molecule has 7 nitrogen and oxygen atoms in total. The minimum Gasteiger partial charge on any atom is -0.370 e. The van der Waals surface area contributed by atoms with E-state index in [4.69, 9.17) is 32.9 Å². The maximum atomic E-state index is 6.48. The van der Waals surface area contributed by atoms with Crippen LogP contribution in [0.25, 0.3) is 0 Å². The summed E-state index contributed by atoms with van der Waals surface area (Å²) in [5, 5.41) is 4.67. The Bertz CT molecular complexity index is 1020. The number of nitrogens with zero attached hydrogens (tertiary/aromatic N) is 3. The number of anilines is 1. The zero-order chi connectivity index (χ0) is 24.0. The normalized spacial score (nSPS) is 30.7. The number of fused-ring (bicyclic) bond motifs is 1. The van der Waals surface area contributed by atoms with Crippen molar-refractivity contribution in [2.45, 2.75) is 63.3 Å². The standard InChI is InChI=1S/C26H34Cl2N6O/c1-16(24-20(27)11-30-12-21(24)28)35-18-4-5-22-19(9-18)25(33-32-22)17-3-6-23(31-10-17)34-14-26(15-34)7-2-8-29-13-26/h3,6,10-12,16,18-19,22,25,29,32-33H,2,4-5,7-9,13-15H2,1H3/t16-,18?,19?,22?,25?/m1/s1. The molecule has 2 aromatic heterocycles. The highest BCUT2D eigenvalue weighted by Gasteiger charge is 2.45. The molecular weight excluding hydrogens is 483 g/mol. The molecular formula is C26H34Cl2N6O. The van der Waals surface area contributed by atoms with Gasteiger partial charge in [0.1, 0.15) is 5.82 Å². The van der Waals surface area contributed by atoms with Gasteiger partial charge in [-0.05, 0) is 63.1 Å². The average molecular weight is 518 g/mol. The summed E-state index contributed by atoms with van der Waals surface area (Å²) in [7, 11) is 0. The second-order valence-electron chi connectivity index (χ2n) is 10.9. The zero-order valence-corrected chi connectivity index (χ0v) is 21.7. The van der Waals surface area contributed by atoms with Crippen LogP contribution in [0.5, 0.6) is 0 Å². The van der Waals surface area contributed by atoms with Crippen molar-refractivity contribution in [1.82, 2.24) is 26.1 Å². The fourth-order valence-electron chi connectivity index (χ4n) is 6.63. The third kappa shape index (κ3) is 4.67. The van der Waals surface area contributed by atoms with Gasteiger partial charge in [-0.1, -0.05) is 29.3 Å². The average Bonchev–Trinajstić information content (AvgIpc) is 3.26. The van der Waals surface area contributed by atoms with Crippen LogP contribution in [0.1, 0.15) is 62.3 Å². The summed E-state index contributed by atoms with van der Waals surface area (Å²) in [4.78, 5) is 11.3. The third-order valence-electron chi connectivity index (χ3n) is 8.46. The highest BCUT2D eigenvalue weighted by atomic mass is 35.5. The number of halogens is 2. The van der Waals surface area contributed by atoms with Crippen LogP contribution in [0.4, 0.5) is 5.82 Å². The summed E-state index contributed by atoms with van der Waals surface area (Å²) in [5.74, 6) is 1.54. The van der Waals surface area contributed by atoms with Crippen molar-refractivity contribution >= 4 is 29.0 Å². The van der Waals surface area contributed by atoms with Crippen molar-refractivity contribution in [3.05, 3.63) is 51.9 Å². The van der Waals surface area contributed by atoms with Gasteiger partial charge < -0.3 is 15.0 Å². The van der Waals surface area contributed by atoms with Gasteiger partial charge in [-0.25, -0.2) is 10.4 Å². The summed E-state index contributed by atoms with van der Waals surface area (Å²) in [6.07, 6.45) is 11.0. The Hall–Kier alpha value is -1.48. The summed E-state index contributed by atoms with van der Waals surface area (Å²) < 4.78 is 6.48. The predicted molar refractivity (Wildman–Crippen MR) is 139 cm³/mol. The van der Waals surface area contributed by atoms with Gasteiger partial charge in [-0.15, -0.1) is 0 Å². The molecule has 9 heteroatoms. The van der Waals surface area contributed by atoms with Gasteiger partial charge in [-0.3, -0.25) is 10.4 Å². The molecule has 2 aromatic rings. The lowest BCUT2D eigenvalue weighted by Crippen LogP contribution is -2.62. The van der Waals surface area contributed by atoms with Crippen LogP contribution in [0, 0.1) is 11.3 Å². The molecule has 5 atom stereocenters. The summed E-state index contributed by atoms with van der Waals surface area (Å²) >= 11 is 12.7. The van der Waals surface area contributed by atoms with Crippen LogP contribution in [-0.2, 0) is 4.74 Å². The topological polar surface area (TPSA) is 74.3 Å². The van der Waals surface area contributed by atoms with E-state index in [0.29, 0.717) is 27.4 Å². The minimum absolute atomic E-state index is 0.157. The lowest BCUT2D eigenvalue weighted by Gasteiger charge is -2.53. The second kappa shape index (κ2) is 9.77. The first-order valence-electron chi connectivity index (χ1n) is 12.9. The SMILES string of the molecule is C[C@@H](OC1CCC2NNC(c3ccc(N4CC5(CCCNC5)C4)nc3)C2C1)c1c(Cl)cncc1Cl. The van der Waals surface area contributed by atoms with Crippen LogP contribution < -0.4 is 21.1 Å². The number of hydrogen-bond acceptors (Lipinski definition) is 7. The Morgan fingerprint density at radius 2 is 1.94 bits per heavy atom. The number of rotatable bonds is 5. The van der Waals surface area contributed by atoms with Gasteiger partial charge >= 0.3 is 0 Å². The van der Waals surface area contributed by atoms with E-state index in [9.17, 15) is 0 Å². The molecule has 6 rings (SSSR count). The minimum atomic E-state index is -0.180. The van der Waals surface area contributed by atoms with E-state index in [-0.39, 0.29) is 18.2 Å². The number of pyridine rings is 2. The predicted octanol–water partition coefficient (Wildman–Crippen LogP) is 4.44. The van der Waals surface area contributed by atoms with E-state index in [2.05, 4.69) is 44.4 Å². The quantitative estimate of drug-likeness (QED) is 0.542. The van der Waals surface area contributed by atoms with E-state index in [1.807, 2.05) is 6.92 Å². The Labute approximate surface area is 217 Å². The molecule has 1 spiro atoms. The molecule has 0 aromatic carbocycles. The Morgan fingerprint density at radius 1 is 1.11 bits per heavy atom.